The van der Waals surface area contributed by atoms with Crippen LogP contribution in [-0.4, -0.2) is 44.3 Å². The van der Waals surface area contributed by atoms with Gasteiger partial charge in [0, 0.05) is 5.56 Å². The van der Waals surface area contributed by atoms with E-state index < -0.39 is 11.9 Å². The normalized spacial score (nSPS) is 10.4. The van der Waals surface area contributed by atoms with Gasteiger partial charge in [0.05, 0.1) is 32.0 Å². The Hall–Kier alpha value is -3.68. The zero-order valence-electron chi connectivity index (χ0n) is 15.6. The van der Waals surface area contributed by atoms with Crippen molar-refractivity contribution in [1.82, 2.24) is 10.7 Å². The number of hydrazone groups is 1. The smallest absolute Gasteiger partial charge is 0.337 e. The molecule has 0 unspecified atom stereocenters. The van der Waals surface area contributed by atoms with Crippen molar-refractivity contribution in [3.63, 3.8) is 0 Å². The Morgan fingerprint density at radius 3 is 2.25 bits per heavy atom. The summed E-state index contributed by atoms with van der Waals surface area (Å²) < 4.78 is 9.92. The molecule has 0 radical (unpaired) electrons. The Morgan fingerprint density at radius 2 is 1.64 bits per heavy atom. The van der Waals surface area contributed by atoms with E-state index in [4.69, 9.17) is 4.74 Å². The third-order valence-corrected chi connectivity index (χ3v) is 3.57. The van der Waals surface area contributed by atoms with E-state index in [0.29, 0.717) is 29.0 Å². The number of carbonyl (C=O) groups is 3. The summed E-state index contributed by atoms with van der Waals surface area (Å²) in [6.07, 6.45) is 1.42. The highest BCUT2D eigenvalue weighted by Crippen LogP contribution is 2.11. The Kier molecular flexibility index (Phi) is 7.71. The van der Waals surface area contributed by atoms with Crippen LogP contribution in [0, 0.1) is 0 Å². The molecule has 0 saturated carbocycles. The molecule has 0 heterocycles. The number of ether oxygens (including phenoxy) is 2. The molecule has 0 spiro atoms. The van der Waals surface area contributed by atoms with Gasteiger partial charge in [-0.05, 0) is 48.9 Å². The van der Waals surface area contributed by atoms with Gasteiger partial charge >= 0.3 is 5.97 Å². The predicted octanol–water partition coefficient (Wildman–Crippen LogP) is 1.75. The molecule has 2 amide bonds. The highest BCUT2D eigenvalue weighted by atomic mass is 16.5. The SMILES string of the molecule is CCOc1ccc(C(=O)NCC(=O)N/N=C/c2ccc(C(=O)OC)cc2)cc1. The van der Waals surface area contributed by atoms with Gasteiger partial charge in [-0.3, -0.25) is 9.59 Å². The van der Waals surface area contributed by atoms with E-state index in [9.17, 15) is 14.4 Å². The summed E-state index contributed by atoms with van der Waals surface area (Å²) in [6.45, 7) is 2.20. The number of nitrogens with one attached hydrogen (secondary N) is 2. The van der Waals surface area contributed by atoms with Gasteiger partial charge < -0.3 is 14.8 Å². The summed E-state index contributed by atoms with van der Waals surface area (Å²) >= 11 is 0. The van der Waals surface area contributed by atoms with Crippen molar-refractivity contribution < 1.29 is 23.9 Å². The van der Waals surface area contributed by atoms with Gasteiger partial charge in [0.1, 0.15) is 5.75 Å². The van der Waals surface area contributed by atoms with Crippen LogP contribution in [0.25, 0.3) is 0 Å². The van der Waals surface area contributed by atoms with E-state index >= 15 is 0 Å². The first-order valence-corrected chi connectivity index (χ1v) is 8.54. The number of amides is 2. The van der Waals surface area contributed by atoms with Crippen LogP contribution in [0.5, 0.6) is 5.75 Å². The molecule has 146 valence electrons. The van der Waals surface area contributed by atoms with Crippen molar-refractivity contribution in [2.45, 2.75) is 6.92 Å². The third kappa shape index (κ3) is 6.24. The zero-order valence-corrected chi connectivity index (χ0v) is 15.6. The van der Waals surface area contributed by atoms with E-state index in [2.05, 4.69) is 20.6 Å². The van der Waals surface area contributed by atoms with E-state index in [1.807, 2.05) is 6.92 Å². The number of carbonyl (C=O) groups excluding carboxylic acids is 3. The summed E-state index contributed by atoms with van der Waals surface area (Å²) in [5.74, 6) is -0.604. The maximum atomic E-state index is 12.0. The summed E-state index contributed by atoms with van der Waals surface area (Å²) in [6, 6.07) is 13.1. The van der Waals surface area contributed by atoms with Crippen LogP contribution >= 0.6 is 0 Å². The largest absolute Gasteiger partial charge is 0.494 e. The molecule has 0 fully saturated rings. The minimum atomic E-state index is -0.471. The Bertz CT molecular complexity index is 845. The first kappa shape index (κ1) is 20.6. The zero-order chi connectivity index (χ0) is 20.4. The highest BCUT2D eigenvalue weighted by Gasteiger charge is 2.08. The second kappa shape index (κ2) is 10.5. The average Bonchev–Trinajstić information content (AvgIpc) is 2.72. The van der Waals surface area contributed by atoms with Crippen LogP contribution in [0.3, 0.4) is 0 Å². The Balaban J connectivity index is 1.78. The van der Waals surface area contributed by atoms with Gasteiger partial charge in [0.25, 0.3) is 11.8 Å². The van der Waals surface area contributed by atoms with Crippen molar-refractivity contribution in [1.29, 1.82) is 0 Å². The molecule has 2 aromatic rings. The highest BCUT2D eigenvalue weighted by molar-refractivity contribution is 5.96. The van der Waals surface area contributed by atoms with Crippen molar-refractivity contribution in [2.24, 2.45) is 5.10 Å². The molecule has 0 aliphatic carbocycles. The number of benzene rings is 2. The molecule has 0 aliphatic rings. The molecule has 2 N–H and O–H groups in total. The molecule has 0 aromatic heterocycles. The van der Waals surface area contributed by atoms with Gasteiger partial charge in [-0.2, -0.15) is 5.10 Å². The Morgan fingerprint density at radius 1 is 1.00 bits per heavy atom. The molecule has 0 bridgehead atoms. The summed E-state index contributed by atoms with van der Waals surface area (Å²) in [5, 5.41) is 6.32. The number of methoxy groups -OCH3 is 1. The third-order valence-electron chi connectivity index (χ3n) is 3.57. The standard InChI is InChI=1S/C20H21N3O5/c1-3-28-17-10-8-15(9-11-17)19(25)21-13-18(24)23-22-12-14-4-6-16(7-5-14)20(26)27-2/h4-12H,3,13H2,1-2H3,(H,21,25)(H,23,24)/b22-12+. The second-order valence-electron chi connectivity index (χ2n) is 5.55. The number of hydrogen-bond acceptors (Lipinski definition) is 6. The van der Waals surface area contributed by atoms with Crippen molar-refractivity contribution >= 4 is 24.0 Å². The molecule has 8 heteroatoms. The van der Waals surface area contributed by atoms with E-state index in [0.717, 1.165) is 0 Å². The van der Waals surface area contributed by atoms with Crippen molar-refractivity contribution in [3.8, 4) is 5.75 Å². The number of rotatable bonds is 8. The minimum Gasteiger partial charge on any atom is -0.494 e. The van der Waals surface area contributed by atoms with Gasteiger partial charge in [-0.25, -0.2) is 10.2 Å². The fraction of sp³-hybridized carbons (Fsp3) is 0.200. The van der Waals surface area contributed by atoms with Crippen molar-refractivity contribution in [2.75, 3.05) is 20.3 Å². The molecular weight excluding hydrogens is 362 g/mol. The quantitative estimate of drug-likeness (QED) is 0.410. The van der Waals surface area contributed by atoms with Crippen molar-refractivity contribution in [3.05, 3.63) is 65.2 Å². The van der Waals surface area contributed by atoms with E-state index in [1.54, 1.807) is 48.5 Å². The van der Waals surface area contributed by atoms with Gasteiger partial charge in [0.2, 0.25) is 0 Å². The molecule has 8 nitrogen and oxygen atoms in total. The predicted molar refractivity (Wildman–Crippen MR) is 103 cm³/mol. The lowest BCUT2D eigenvalue weighted by atomic mass is 10.1. The minimum absolute atomic E-state index is 0.218. The van der Waals surface area contributed by atoms with Crippen LogP contribution in [-0.2, 0) is 9.53 Å². The average molecular weight is 383 g/mol. The lowest BCUT2D eigenvalue weighted by Gasteiger charge is -2.06. The Labute approximate surface area is 162 Å². The molecule has 2 rings (SSSR count). The van der Waals surface area contributed by atoms with Crippen LogP contribution < -0.4 is 15.5 Å². The van der Waals surface area contributed by atoms with Gasteiger partial charge in [-0.1, -0.05) is 12.1 Å². The summed E-state index contributed by atoms with van der Waals surface area (Å²) in [7, 11) is 1.31. The molecule has 28 heavy (non-hydrogen) atoms. The second-order valence-corrected chi connectivity index (χ2v) is 5.55. The maximum absolute atomic E-state index is 12.0. The lowest BCUT2D eigenvalue weighted by molar-refractivity contribution is -0.120. The number of nitrogens with zero attached hydrogens (tertiary/aromatic N) is 1. The maximum Gasteiger partial charge on any atom is 0.337 e. The topological polar surface area (TPSA) is 106 Å². The fourth-order valence-electron chi connectivity index (χ4n) is 2.17. The molecule has 0 atom stereocenters. The van der Waals surface area contributed by atoms with Crippen LogP contribution in [0.4, 0.5) is 0 Å². The number of hydrogen-bond donors (Lipinski definition) is 2. The van der Waals surface area contributed by atoms with E-state index in [-0.39, 0.29) is 12.5 Å². The monoisotopic (exact) mass is 383 g/mol. The molecule has 0 aliphatic heterocycles. The summed E-state index contributed by atoms with van der Waals surface area (Å²) in [4.78, 5) is 35.1. The summed E-state index contributed by atoms with van der Waals surface area (Å²) in [5.41, 5.74) is 3.84. The molecule has 0 saturated heterocycles. The first-order valence-electron chi connectivity index (χ1n) is 8.54. The van der Waals surface area contributed by atoms with E-state index in [1.165, 1.54) is 13.3 Å². The molecule has 2 aromatic carbocycles. The van der Waals surface area contributed by atoms with Gasteiger partial charge in [0.15, 0.2) is 0 Å². The van der Waals surface area contributed by atoms with Gasteiger partial charge in [-0.15, -0.1) is 0 Å². The molecular formula is C20H21N3O5. The van der Waals surface area contributed by atoms with Crippen LogP contribution in [0.2, 0.25) is 0 Å². The lowest BCUT2D eigenvalue weighted by Crippen LogP contribution is -2.34. The first-order chi connectivity index (χ1) is 13.5. The van der Waals surface area contributed by atoms with Crippen LogP contribution in [0.1, 0.15) is 33.2 Å². The fourth-order valence-corrected chi connectivity index (χ4v) is 2.17. The number of esters is 1. The van der Waals surface area contributed by atoms with Crippen LogP contribution in [0.15, 0.2) is 53.6 Å².